The van der Waals surface area contributed by atoms with Crippen LogP contribution in [0.2, 0.25) is 10.0 Å². The topological polar surface area (TPSA) is 71.1 Å². The first kappa shape index (κ1) is 23.6. The average molecular weight is 494 g/mol. The van der Waals surface area contributed by atoms with Crippen LogP contribution < -0.4 is 10.6 Å². The SMILES string of the molecule is CSCCC(NC(=O)c1ccccc1Cl)C(=O)Nc1ncc(Cc2ccc(Cl)cc2)s1. The molecule has 31 heavy (non-hydrogen) atoms. The highest BCUT2D eigenvalue weighted by atomic mass is 35.5. The van der Waals surface area contributed by atoms with Crippen LogP contribution in [0.5, 0.6) is 0 Å². The van der Waals surface area contributed by atoms with E-state index in [9.17, 15) is 9.59 Å². The van der Waals surface area contributed by atoms with Crippen molar-refractivity contribution in [2.45, 2.75) is 18.9 Å². The van der Waals surface area contributed by atoms with Gasteiger partial charge in [-0.3, -0.25) is 9.59 Å². The van der Waals surface area contributed by atoms with Crippen LogP contribution in [0.15, 0.2) is 54.7 Å². The Morgan fingerprint density at radius 3 is 2.58 bits per heavy atom. The molecule has 0 aliphatic carbocycles. The fraction of sp³-hybridized carbons (Fsp3) is 0.227. The maximum atomic E-state index is 12.9. The molecule has 5 nitrogen and oxygen atoms in total. The van der Waals surface area contributed by atoms with Crippen molar-refractivity contribution < 1.29 is 9.59 Å². The number of amides is 2. The molecule has 2 N–H and O–H groups in total. The summed E-state index contributed by atoms with van der Waals surface area (Å²) in [5.74, 6) is 0.0388. The molecule has 1 heterocycles. The van der Waals surface area contributed by atoms with Gasteiger partial charge in [0.1, 0.15) is 6.04 Å². The quantitative estimate of drug-likeness (QED) is 0.410. The number of thioether (sulfide) groups is 1. The van der Waals surface area contributed by atoms with E-state index in [1.807, 2.05) is 30.5 Å². The minimum atomic E-state index is -0.695. The first-order chi connectivity index (χ1) is 15.0. The van der Waals surface area contributed by atoms with Crippen LogP contribution in [0.4, 0.5) is 5.13 Å². The summed E-state index contributed by atoms with van der Waals surface area (Å²) in [6, 6.07) is 13.7. The van der Waals surface area contributed by atoms with Gasteiger partial charge in [0, 0.05) is 22.5 Å². The Morgan fingerprint density at radius 1 is 1.13 bits per heavy atom. The summed E-state index contributed by atoms with van der Waals surface area (Å²) in [4.78, 5) is 30.8. The van der Waals surface area contributed by atoms with Crippen LogP contribution in [0.1, 0.15) is 27.2 Å². The zero-order valence-electron chi connectivity index (χ0n) is 16.7. The number of hydrogen-bond acceptors (Lipinski definition) is 5. The normalized spacial score (nSPS) is 11.7. The summed E-state index contributed by atoms with van der Waals surface area (Å²) in [7, 11) is 0. The minimum Gasteiger partial charge on any atom is -0.340 e. The predicted molar refractivity (Wildman–Crippen MR) is 131 cm³/mol. The van der Waals surface area contributed by atoms with Crippen LogP contribution in [0, 0.1) is 0 Å². The van der Waals surface area contributed by atoms with Crippen molar-refractivity contribution in [2.75, 3.05) is 17.3 Å². The zero-order valence-corrected chi connectivity index (χ0v) is 19.9. The van der Waals surface area contributed by atoms with E-state index in [-0.39, 0.29) is 11.8 Å². The number of benzene rings is 2. The molecule has 3 rings (SSSR count). The molecule has 162 valence electrons. The number of halogens is 2. The Bertz CT molecular complexity index is 1040. The molecule has 0 fully saturated rings. The fourth-order valence-corrected chi connectivity index (χ4v) is 4.50. The lowest BCUT2D eigenvalue weighted by molar-refractivity contribution is -0.118. The highest BCUT2D eigenvalue weighted by Gasteiger charge is 2.23. The van der Waals surface area contributed by atoms with Crippen molar-refractivity contribution in [3.63, 3.8) is 0 Å². The van der Waals surface area contributed by atoms with Gasteiger partial charge in [0.05, 0.1) is 10.6 Å². The third-order valence-corrected chi connectivity index (χ3v) is 6.56. The van der Waals surface area contributed by atoms with Crippen molar-refractivity contribution in [3.05, 3.63) is 80.8 Å². The van der Waals surface area contributed by atoms with Crippen molar-refractivity contribution in [2.24, 2.45) is 0 Å². The van der Waals surface area contributed by atoms with Gasteiger partial charge in [-0.05, 0) is 48.3 Å². The number of nitrogens with zero attached hydrogens (tertiary/aromatic N) is 1. The molecule has 3 aromatic rings. The van der Waals surface area contributed by atoms with E-state index < -0.39 is 6.04 Å². The Labute approximate surface area is 199 Å². The van der Waals surface area contributed by atoms with Gasteiger partial charge in [-0.25, -0.2) is 4.98 Å². The summed E-state index contributed by atoms with van der Waals surface area (Å²) in [5.41, 5.74) is 1.45. The molecule has 0 aliphatic heterocycles. The lowest BCUT2D eigenvalue weighted by Crippen LogP contribution is -2.44. The number of nitrogens with one attached hydrogen (secondary N) is 2. The van der Waals surface area contributed by atoms with E-state index >= 15 is 0 Å². The minimum absolute atomic E-state index is 0.304. The average Bonchev–Trinajstić information content (AvgIpc) is 3.19. The van der Waals surface area contributed by atoms with E-state index in [2.05, 4.69) is 15.6 Å². The molecule has 0 saturated carbocycles. The largest absolute Gasteiger partial charge is 0.340 e. The van der Waals surface area contributed by atoms with E-state index in [0.717, 1.165) is 16.2 Å². The fourth-order valence-electron chi connectivity index (χ4n) is 2.83. The monoisotopic (exact) mass is 493 g/mol. The zero-order chi connectivity index (χ0) is 22.2. The van der Waals surface area contributed by atoms with E-state index in [0.29, 0.717) is 33.6 Å². The van der Waals surface area contributed by atoms with E-state index in [4.69, 9.17) is 23.2 Å². The first-order valence-corrected chi connectivity index (χ1v) is 12.5. The summed E-state index contributed by atoms with van der Waals surface area (Å²) in [6.07, 6.45) is 4.89. The van der Waals surface area contributed by atoms with E-state index in [1.54, 1.807) is 42.2 Å². The van der Waals surface area contributed by atoms with Gasteiger partial charge < -0.3 is 10.6 Å². The van der Waals surface area contributed by atoms with Gasteiger partial charge in [0.25, 0.3) is 5.91 Å². The molecule has 0 spiro atoms. The molecule has 0 radical (unpaired) electrons. The Kier molecular flexibility index (Phi) is 8.78. The molecule has 2 amide bonds. The third-order valence-electron chi connectivity index (χ3n) is 4.43. The number of rotatable bonds is 9. The molecule has 0 aliphatic rings. The molecule has 1 unspecified atom stereocenters. The lowest BCUT2D eigenvalue weighted by Gasteiger charge is -2.17. The van der Waals surface area contributed by atoms with Gasteiger partial charge in [0.2, 0.25) is 5.91 Å². The highest BCUT2D eigenvalue weighted by Crippen LogP contribution is 2.22. The van der Waals surface area contributed by atoms with Crippen LogP contribution >= 0.6 is 46.3 Å². The molecule has 1 aromatic heterocycles. The van der Waals surface area contributed by atoms with Gasteiger partial charge >= 0.3 is 0 Å². The van der Waals surface area contributed by atoms with E-state index in [1.165, 1.54) is 11.3 Å². The highest BCUT2D eigenvalue weighted by molar-refractivity contribution is 7.98. The number of anilines is 1. The summed E-state index contributed by atoms with van der Waals surface area (Å²) in [6.45, 7) is 0. The molecule has 1 atom stereocenters. The Balaban J connectivity index is 1.65. The first-order valence-electron chi connectivity index (χ1n) is 9.50. The second-order valence-corrected chi connectivity index (χ2v) is 9.66. The van der Waals surface area contributed by atoms with Crippen molar-refractivity contribution in [1.82, 2.24) is 10.3 Å². The number of hydrogen-bond donors (Lipinski definition) is 2. The van der Waals surface area contributed by atoms with Crippen molar-refractivity contribution >= 4 is 63.2 Å². The van der Waals surface area contributed by atoms with Gasteiger partial charge in [-0.15, -0.1) is 11.3 Å². The summed E-state index contributed by atoms with van der Waals surface area (Å²) in [5, 5.41) is 7.15. The second kappa shape index (κ2) is 11.5. The Morgan fingerprint density at radius 2 is 1.87 bits per heavy atom. The standard InChI is InChI=1S/C22H21Cl2N3O2S2/c1-30-11-10-19(26-20(28)17-4-2-3-5-18(17)24)21(29)27-22-25-13-16(31-22)12-14-6-8-15(23)9-7-14/h2-9,13,19H,10-12H2,1H3,(H,26,28)(H,25,27,29). The molecular weight excluding hydrogens is 473 g/mol. The predicted octanol–water partition coefficient (Wildman–Crippen LogP) is 5.53. The number of thiazole rings is 1. The smallest absolute Gasteiger partial charge is 0.253 e. The summed E-state index contributed by atoms with van der Waals surface area (Å²) >= 11 is 15.1. The maximum absolute atomic E-state index is 12.9. The number of carbonyl (C=O) groups is 2. The summed E-state index contributed by atoms with van der Waals surface area (Å²) < 4.78 is 0. The molecule has 0 bridgehead atoms. The molecule has 0 saturated heterocycles. The Hall–Kier alpha value is -2.06. The number of carbonyl (C=O) groups excluding carboxylic acids is 2. The molecular formula is C22H21Cl2N3O2S2. The van der Waals surface area contributed by atoms with Gasteiger partial charge in [-0.1, -0.05) is 47.5 Å². The van der Waals surface area contributed by atoms with Crippen LogP contribution in [0.25, 0.3) is 0 Å². The molecule has 2 aromatic carbocycles. The third kappa shape index (κ3) is 6.97. The van der Waals surface area contributed by atoms with Crippen molar-refractivity contribution in [1.29, 1.82) is 0 Å². The van der Waals surface area contributed by atoms with Gasteiger partial charge in [-0.2, -0.15) is 11.8 Å². The maximum Gasteiger partial charge on any atom is 0.253 e. The second-order valence-electron chi connectivity index (χ2n) is 6.71. The van der Waals surface area contributed by atoms with Crippen molar-refractivity contribution in [3.8, 4) is 0 Å². The van der Waals surface area contributed by atoms with Gasteiger partial charge in [0.15, 0.2) is 5.13 Å². The van der Waals surface area contributed by atoms with Crippen LogP contribution in [-0.2, 0) is 11.2 Å². The molecule has 9 heteroatoms. The van der Waals surface area contributed by atoms with Crippen LogP contribution in [0.3, 0.4) is 0 Å². The van der Waals surface area contributed by atoms with Crippen LogP contribution in [-0.4, -0.2) is 34.8 Å². The lowest BCUT2D eigenvalue weighted by atomic mass is 10.1. The number of aromatic nitrogens is 1.